The Balaban J connectivity index is 2.12. The van der Waals surface area contributed by atoms with Crippen LogP contribution in [0.4, 0.5) is 17.6 Å². The van der Waals surface area contributed by atoms with Crippen molar-refractivity contribution in [1.82, 2.24) is 0 Å². The van der Waals surface area contributed by atoms with Crippen molar-refractivity contribution in [2.24, 2.45) is 0 Å². The smallest absolute Gasteiger partial charge is 0.453 e. The van der Waals surface area contributed by atoms with Gasteiger partial charge in [0.25, 0.3) is 5.76 Å². The lowest BCUT2D eigenvalue weighted by atomic mass is 10.2. The molecule has 1 heterocycles. The molecular weight excluding hydrogens is 388 g/mol. The Labute approximate surface area is 153 Å². The number of carbonyl (C=O) groups is 1. The number of carboxylic acids is 1. The first kappa shape index (κ1) is 19.2. The van der Waals surface area contributed by atoms with Crippen LogP contribution in [-0.4, -0.2) is 17.7 Å². The molecule has 0 bridgehead atoms. The summed E-state index contributed by atoms with van der Waals surface area (Å²) in [6.07, 6.45) is -5.07. The number of halogens is 4. The molecule has 1 N–H and O–H groups in total. The van der Waals surface area contributed by atoms with Crippen LogP contribution in [-0.2, 0) is 11.0 Å². The number of carboxylic acid groups (broad SMARTS) is 1. The van der Waals surface area contributed by atoms with E-state index in [4.69, 9.17) is 19.0 Å². The Kier molecular flexibility index (Phi) is 4.95. The number of alkyl halides is 3. The Morgan fingerprint density at radius 3 is 2.32 bits per heavy atom. The third-order valence-corrected chi connectivity index (χ3v) is 3.48. The van der Waals surface area contributed by atoms with E-state index in [1.165, 1.54) is 6.07 Å². The zero-order valence-electron chi connectivity index (χ0n) is 13.7. The summed E-state index contributed by atoms with van der Waals surface area (Å²) in [6.45, 7) is -0.729. The van der Waals surface area contributed by atoms with Crippen LogP contribution in [0.1, 0.15) is 5.76 Å². The van der Waals surface area contributed by atoms with E-state index in [9.17, 15) is 27.2 Å². The van der Waals surface area contributed by atoms with E-state index in [0.29, 0.717) is 0 Å². The fraction of sp³-hybridized carbons (Fsp3) is 0.111. The van der Waals surface area contributed by atoms with Gasteiger partial charge >= 0.3 is 12.1 Å². The van der Waals surface area contributed by atoms with Crippen molar-refractivity contribution in [3.8, 4) is 17.2 Å². The zero-order chi connectivity index (χ0) is 20.5. The maximum atomic E-state index is 13.4. The van der Waals surface area contributed by atoms with Gasteiger partial charge in [-0.05, 0) is 36.4 Å². The van der Waals surface area contributed by atoms with E-state index in [2.05, 4.69) is 0 Å². The second-order valence-electron chi connectivity index (χ2n) is 5.48. The lowest BCUT2D eigenvalue weighted by molar-refractivity contribution is -0.154. The minimum absolute atomic E-state index is 0.0987. The molecule has 6 nitrogen and oxygen atoms in total. The Morgan fingerprint density at radius 1 is 1.07 bits per heavy atom. The second kappa shape index (κ2) is 7.22. The third kappa shape index (κ3) is 4.05. The number of aliphatic carboxylic acids is 1. The monoisotopic (exact) mass is 398 g/mol. The number of rotatable bonds is 5. The highest BCUT2D eigenvalue weighted by Gasteiger charge is 2.40. The van der Waals surface area contributed by atoms with Gasteiger partial charge in [0.15, 0.2) is 6.61 Å². The molecule has 2 aromatic carbocycles. The highest BCUT2D eigenvalue weighted by Crippen LogP contribution is 2.38. The molecule has 0 aliphatic rings. The van der Waals surface area contributed by atoms with Gasteiger partial charge in [0.2, 0.25) is 11.2 Å². The summed E-state index contributed by atoms with van der Waals surface area (Å²) in [7, 11) is 0. The van der Waals surface area contributed by atoms with Crippen molar-refractivity contribution in [2.75, 3.05) is 6.61 Å². The number of ether oxygens (including phenoxy) is 2. The van der Waals surface area contributed by atoms with Gasteiger partial charge in [-0.2, -0.15) is 13.2 Å². The lowest BCUT2D eigenvalue weighted by Crippen LogP contribution is -2.15. The number of hydrogen-bond donors (Lipinski definition) is 1. The van der Waals surface area contributed by atoms with Crippen molar-refractivity contribution in [2.45, 2.75) is 6.18 Å². The number of hydrogen-bond acceptors (Lipinski definition) is 5. The summed E-state index contributed by atoms with van der Waals surface area (Å²) < 4.78 is 67.9. The van der Waals surface area contributed by atoms with Gasteiger partial charge in [-0.1, -0.05) is 0 Å². The predicted molar refractivity (Wildman–Crippen MR) is 87.1 cm³/mol. The molecule has 146 valence electrons. The summed E-state index contributed by atoms with van der Waals surface area (Å²) in [6, 6.07) is 7.32. The molecule has 0 aliphatic heterocycles. The summed E-state index contributed by atoms with van der Waals surface area (Å²) in [5.41, 5.74) is -1.57. The molecule has 0 unspecified atom stereocenters. The SMILES string of the molecule is O=C(O)COc1ccc2c(=O)c(Oc3ccc(F)cc3)c(C(F)(F)F)oc2c1. The first-order valence-electron chi connectivity index (χ1n) is 7.61. The summed E-state index contributed by atoms with van der Waals surface area (Å²) >= 11 is 0. The molecule has 0 amide bonds. The van der Waals surface area contributed by atoms with E-state index < -0.39 is 47.1 Å². The predicted octanol–water partition coefficient (Wildman–Crippen LogP) is 4.21. The highest BCUT2D eigenvalue weighted by molar-refractivity contribution is 5.80. The molecule has 10 heteroatoms. The van der Waals surface area contributed by atoms with Crippen LogP contribution in [0.5, 0.6) is 17.2 Å². The first-order valence-corrected chi connectivity index (χ1v) is 7.61. The summed E-state index contributed by atoms with van der Waals surface area (Å²) in [5, 5.41) is 8.35. The van der Waals surface area contributed by atoms with Gasteiger partial charge in [-0.25, -0.2) is 9.18 Å². The molecule has 0 fully saturated rings. The van der Waals surface area contributed by atoms with Crippen molar-refractivity contribution in [1.29, 1.82) is 0 Å². The van der Waals surface area contributed by atoms with Crippen molar-refractivity contribution >= 4 is 16.9 Å². The maximum Gasteiger partial charge on any atom is 0.453 e. The number of benzene rings is 2. The molecule has 0 atom stereocenters. The molecule has 3 rings (SSSR count). The van der Waals surface area contributed by atoms with Gasteiger partial charge in [0.05, 0.1) is 5.39 Å². The van der Waals surface area contributed by atoms with Gasteiger partial charge in [-0.15, -0.1) is 0 Å². The van der Waals surface area contributed by atoms with Crippen LogP contribution in [0.2, 0.25) is 0 Å². The second-order valence-corrected chi connectivity index (χ2v) is 5.48. The van der Waals surface area contributed by atoms with E-state index >= 15 is 0 Å². The average molecular weight is 398 g/mol. The van der Waals surface area contributed by atoms with Crippen molar-refractivity contribution < 1.29 is 41.4 Å². The molecule has 28 heavy (non-hydrogen) atoms. The molecule has 0 saturated heterocycles. The average Bonchev–Trinajstić information content (AvgIpc) is 2.62. The first-order chi connectivity index (χ1) is 13.1. The molecule has 0 spiro atoms. The maximum absolute atomic E-state index is 13.4. The van der Waals surface area contributed by atoms with Gasteiger partial charge < -0.3 is 19.0 Å². The molecular formula is C18H10F4O6. The van der Waals surface area contributed by atoms with Gasteiger partial charge in [0, 0.05) is 6.07 Å². The largest absolute Gasteiger partial charge is 0.482 e. The van der Waals surface area contributed by atoms with E-state index in [1.807, 2.05) is 0 Å². The lowest BCUT2D eigenvalue weighted by Gasteiger charge is -2.13. The Morgan fingerprint density at radius 2 is 1.71 bits per heavy atom. The van der Waals surface area contributed by atoms with Gasteiger partial charge in [0.1, 0.15) is 22.9 Å². The fourth-order valence-corrected chi connectivity index (χ4v) is 2.29. The zero-order valence-corrected chi connectivity index (χ0v) is 13.7. The highest BCUT2D eigenvalue weighted by atomic mass is 19.4. The minimum atomic E-state index is -5.07. The van der Waals surface area contributed by atoms with E-state index in [-0.39, 0.29) is 16.9 Å². The standard InChI is InChI=1S/C18H10F4O6/c19-9-1-3-10(4-2-9)27-16-15(25)12-6-5-11(26-8-14(23)24)7-13(12)28-17(16)18(20,21)22/h1-7H,8H2,(H,23,24). The molecule has 0 aliphatic carbocycles. The van der Waals surface area contributed by atoms with Crippen molar-refractivity contribution in [3.05, 3.63) is 64.3 Å². The van der Waals surface area contributed by atoms with Crippen LogP contribution in [0.25, 0.3) is 11.0 Å². The normalized spacial score (nSPS) is 11.4. The van der Waals surface area contributed by atoms with Crippen LogP contribution in [0.3, 0.4) is 0 Å². The number of fused-ring (bicyclic) bond motifs is 1. The van der Waals surface area contributed by atoms with Crippen LogP contribution in [0, 0.1) is 5.82 Å². The van der Waals surface area contributed by atoms with E-state index in [1.54, 1.807) is 0 Å². The molecule has 1 aromatic heterocycles. The topological polar surface area (TPSA) is 86.0 Å². The molecule has 0 saturated carbocycles. The third-order valence-electron chi connectivity index (χ3n) is 3.48. The minimum Gasteiger partial charge on any atom is -0.482 e. The van der Waals surface area contributed by atoms with Crippen LogP contribution in [0.15, 0.2) is 51.7 Å². The molecule has 0 radical (unpaired) electrons. The quantitative estimate of drug-likeness (QED) is 0.648. The Hall–Kier alpha value is -3.56. The summed E-state index contributed by atoms with van der Waals surface area (Å²) in [5.74, 6) is -5.02. The van der Waals surface area contributed by atoms with Crippen LogP contribution >= 0.6 is 0 Å². The van der Waals surface area contributed by atoms with Crippen LogP contribution < -0.4 is 14.9 Å². The Bertz CT molecular complexity index is 1090. The van der Waals surface area contributed by atoms with Crippen molar-refractivity contribution in [3.63, 3.8) is 0 Å². The fourth-order valence-electron chi connectivity index (χ4n) is 2.29. The van der Waals surface area contributed by atoms with Gasteiger partial charge in [-0.3, -0.25) is 4.79 Å². The van der Waals surface area contributed by atoms with E-state index in [0.717, 1.165) is 36.4 Å². The molecule has 3 aromatic rings. The summed E-state index contributed by atoms with van der Waals surface area (Å²) in [4.78, 5) is 23.1.